The van der Waals surface area contributed by atoms with E-state index in [1.165, 1.54) is 6.07 Å². The number of rotatable bonds is 7. The lowest BCUT2D eigenvalue weighted by Crippen LogP contribution is -2.24. The second-order valence-electron chi connectivity index (χ2n) is 6.18. The van der Waals surface area contributed by atoms with E-state index >= 15 is 0 Å². The molecule has 4 nitrogen and oxygen atoms in total. The molecule has 3 aromatic rings. The molecule has 0 saturated heterocycles. The maximum atomic E-state index is 12.7. The summed E-state index contributed by atoms with van der Waals surface area (Å²) in [5, 5.41) is 0. The van der Waals surface area contributed by atoms with Crippen LogP contribution in [0.25, 0.3) is 0 Å². The van der Waals surface area contributed by atoms with Crippen LogP contribution >= 0.6 is 31.9 Å². The molecule has 0 unspecified atom stereocenters. The third kappa shape index (κ3) is 5.38. The molecule has 0 atom stereocenters. The smallest absolute Gasteiger partial charge is 0.242 e. The third-order valence-electron chi connectivity index (χ3n) is 4.13. The zero-order valence-corrected chi connectivity index (χ0v) is 18.7. The quantitative estimate of drug-likeness (QED) is 0.438. The molecule has 0 spiro atoms. The van der Waals surface area contributed by atoms with Crippen molar-refractivity contribution in [3.05, 3.63) is 98.4 Å². The molecule has 0 fully saturated rings. The van der Waals surface area contributed by atoms with Gasteiger partial charge >= 0.3 is 0 Å². The van der Waals surface area contributed by atoms with Gasteiger partial charge in [-0.1, -0.05) is 64.5 Å². The second kappa shape index (κ2) is 9.13. The average Bonchev–Trinajstić information content (AvgIpc) is 2.69. The minimum Gasteiger partial charge on any atom is -0.294 e. The average molecular weight is 523 g/mol. The Morgan fingerprint density at radius 3 is 2.21 bits per heavy atom. The molecule has 0 bridgehead atoms. The van der Waals surface area contributed by atoms with Crippen molar-refractivity contribution in [2.75, 3.05) is 0 Å². The highest BCUT2D eigenvalue weighted by Crippen LogP contribution is 2.24. The molecule has 0 saturated carbocycles. The van der Waals surface area contributed by atoms with Crippen molar-refractivity contribution in [1.29, 1.82) is 0 Å². The summed E-state index contributed by atoms with van der Waals surface area (Å²) in [4.78, 5) is 12.7. The highest BCUT2D eigenvalue weighted by atomic mass is 79.9. The second-order valence-corrected chi connectivity index (χ2v) is 9.69. The molecule has 28 heavy (non-hydrogen) atoms. The van der Waals surface area contributed by atoms with Gasteiger partial charge in [-0.05, 0) is 51.3 Å². The predicted octanol–water partition coefficient (Wildman–Crippen LogP) is 5.12. The van der Waals surface area contributed by atoms with E-state index in [-0.39, 0.29) is 23.6 Å². The van der Waals surface area contributed by atoms with Gasteiger partial charge in [-0.25, -0.2) is 13.1 Å². The SMILES string of the molecule is O=C(Cc1ccc(Br)cc1)c1ccc(Br)c(S(=O)(=O)NCc2ccccc2)c1. The van der Waals surface area contributed by atoms with Crippen LogP contribution < -0.4 is 4.72 Å². The number of halogens is 2. The molecule has 0 radical (unpaired) electrons. The normalized spacial score (nSPS) is 11.4. The highest BCUT2D eigenvalue weighted by Gasteiger charge is 2.20. The summed E-state index contributed by atoms with van der Waals surface area (Å²) in [6.45, 7) is 0.173. The van der Waals surface area contributed by atoms with Crippen LogP contribution in [0, 0.1) is 0 Å². The molecule has 0 amide bonds. The fourth-order valence-corrected chi connectivity index (χ4v) is 4.89. The van der Waals surface area contributed by atoms with Crippen molar-refractivity contribution < 1.29 is 13.2 Å². The van der Waals surface area contributed by atoms with Gasteiger partial charge in [0.1, 0.15) is 0 Å². The Morgan fingerprint density at radius 1 is 0.857 bits per heavy atom. The molecule has 7 heteroatoms. The standard InChI is InChI=1S/C21H17Br2NO3S/c22-18-9-6-15(7-10-18)12-20(25)17-8-11-19(23)21(13-17)28(26,27)24-14-16-4-2-1-3-5-16/h1-11,13,24H,12,14H2. The maximum absolute atomic E-state index is 12.7. The first-order valence-electron chi connectivity index (χ1n) is 8.46. The maximum Gasteiger partial charge on any atom is 0.242 e. The molecule has 0 aliphatic heterocycles. The lowest BCUT2D eigenvalue weighted by Gasteiger charge is -2.10. The van der Waals surface area contributed by atoms with E-state index in [9.17, 15) is 13.2 Å². The van der Waals surface area contributed by atoms with Crippen molar-refractivity contribution in [3.8, 4) is 0 Å². The Kier molecular flexibility index (Phi) is 6.82. The molecule has 0 aromatic heterocycles. The van der Waals surface area contributed by atoms with Gasteiger partial charge in [0, 0.05) is 27.5 Å². The van der Waals surface area contributed by atoms with Crippen molar-refractivity contribution >= 4 is 47.7 Å². The van der Waals surface area contributed by atoms with Crippen LogP contribution in [0.5, 0.6) is 0 Å². The Morgan fingerprint density at radius 2 is 1.54 bits per heavy atom. The molecule has 3 rings (SSSR count). The summed E-state index contributed by atoms with van der Waals surface area (Å²) in [5.74, 6) is -0.144. The molecule has 1 N–H and O–H groups in total. The first kappa shape index (κ1) is 20.9. The molecule has 3 aromatic carbocycles. The van der Waals surface area contributed by atoms with Crippen molar-refractivity contribution in [1.82, 2.24) is 4.72 Å². The number of carbonyl (C=O) groups excluding carboxylic acids is 1. The lowest BCUT2D eigenvalue weighted by atomic mass is 10.0. The first-order valence-corrected chi connectivity index (χ1v) is 11.5. The number of hydrogen-bond acceptors (Lipinski definition) is 3. The number of ketones is 1. The van der Waals surface area contributed by atoms with Crippen LogP contribution in [0.4, 0.5) is 0 Å². The predicted molar refractivity (Wildman–Crippen MR) is 117 cm³/mol. The van der Waals surface area contributed by atoms with Gasteiger partial charge in [0.05, 0.1) is 4.90 Å². The zero-order valence-electron chi connectivity index (χ0n) is 14.7. The van der Waals surface area contributed by atoms with Crippen LogP contribution in [0.1, 0.15) is 21.5 Å². The largest absolute Gasteiger partial charge is 0.294 e. The van der Waals surface area contributed by atoms with Gasteiger partial charge in [-0.15, -0.1) is 0 Å². The Hall–Kier alpha value is -1.80. The van der Waals surface area contributed by atoms with E-state index in [1.54, 1.807) is 12.1 Å². The fraction of sp³-hybridized carbons (Fsp3) is 0.0952. The Bertz CT molecular complexity index is 1080. The molecule has 144 valence electrons. The highest BCUT2D eigenvalue weighted by molar-refractivity contribution is 9.10. The van der Waals surface area contributed by atoms with Crippen LogP contribution in [0.3, 0.4) is 0 Å². The van der Waals surface area contributed by atoms with Crippen molar-refractivity contribution in [3.63, 3.8) is 0 Å². The third-order valence-corrected chi connectivity index (χ3v) is 7.05. The summed E-state index contributed by atoms with van der Waals surface area (Å²) >= 11 is 6.64. The van der Waals surface area contributed by atoms with Gasteiger partial charge in [0.2, 0.25) is 10.0 Å². The number of hydrogen-bond donors (Lipinski definition) is 1. The van der Waals surface area contributed by atoms with E-state index in [2.05, 4.69) is 36.6 Å². The van der Waals surface area contributed by atoms with Crippen LogP contribution in [-0.4, -0.2) is 14.2 Å². The van der Waals surface area contributed by atoms with E-state index in [0.29, 0.717) is 10.0 Å². The number of nitrogens with one attached hydrogen (secondary N) is 1. The van der Waals surface area contributed by atoms with Gasteiger partial charge in [-0.3, -0.25) is 4.79 Å². The van der Waals surface area contributed by atoms with Crippen LogP contribution in [-0.2, 0) is 23.0 Å². The first-order chi connectivity index (χ1) is 13.3. The summed E-state index contributed by atoms with van der Waals surface area (Å²) < 4.78 is 29.4. The lowest BCUT2D eigenvalue weighted by molar-refractivity contribution is 0.0992. The van der Waals surface area contributed by atoms with E-state index in [0.717, 1.165) is 15.6 Å². The van der Waals surface area contributed by atoms with Gasteiger partial charge in [0.25, 0.3) is 0 Å². The van der Waals surface area contributed by atoms with Crippen molar-refractivity contribution in [2.45, 2.75) is 17.9 Å². The van der Waals surface area contributed by atoms with E-state index in [1.807, 2.05) is 54.6 Å². The minimum atomic E-state index is -3.78. The van der Waals surface area contributed by atoms with Crippen LogP contribution in [0.15, 0.2) is 86.6 Å². The summed E-state index contributed by atoms with van der Waals surface area (Å²) in [6, 6.07) is 21.3. The van der Waals surface area contributed by atoms with Crippen LogP contribution in [0.2, 0.25) is 0 Å². The molecular formula is C21H17Br2NO3S. The zero-order chi connectivity index (χ0) is 20.1. The molecule has 0 aliphatic rings. The Labute approximate surface area is 181 Å². The fourth-order valence-electron chi connectivity index (χ4n) is 2.62. The number of Topliss-reactive ketones (excluding diaryl/α,β-unsaturated/α-hetero) is 1. The monoisotopic (exact) mass is 521 g/mol. The van der Waals surface area contributed by atoms with Gasteiger partial charge in [0.15, 0.2) is 5.78 Å². The molecule has 0 heterocycles. The van der Waals surface area contributed by atoms with Gasteiger partial charge < -0.3 is 0 Å². The van der Waals surface area contributed by atoms with E-state index in [4.69, 9.17) is 0 Å². The summed E-state index contributed by atoms with van der Waals surface area (Å²) in [7, 11) is -3.78. The minimum absolute atomic E-state index is 0.0464. The number of benzene rings is 3. The number of sulfonamides is 1. The van der Waals surface area contributed by atoms with Gasteiger partial charge in [-0.2, -0.15) is 0 Å². The number of carbonyl (C=O) groups is 1. The summed E-state index contributed by atoms with van der Waals surface area (Å²) in [5.41, 5.74) is 2.07. The molecule has 0 aliphatic carbocycles. The summed E-state index contributed by atoms with van der Waals surface area (Å²) in [6.07, 6.45) is 0.200. The van der Waals surface area contributed by atoms with E-state index < -0.39 is 10.0 Å². The van der Waals surface area contributed by atoms with Crippen molar-refractivity contribution in [2.24, 2.45) is 0 Å². The molecular weight excluding hydrogens is 506 g/mol. The Balaban J connectivity index is 1.79. The topological polar surface area (TPSA) is 63.2 Å².